The average Bonchev–Trinajstić information content (AvgIpc) is 3.45. The molecule has 0 aliphatic carbocycles. The van der Waals surface area contributed by atoms with E-state index >= 15 is 0 Å². The van der Waals surface area contributed by atoms with Crippen molar-refractivity contribution in [3.05, 3.63) is 102 Å². The number of likely N-dealkylation sites (tertiary alicyclic amines) is 1. The fraction of sp³-hybridized carbons (Fsp3) is 0.351. The molecule has 50 heavy (non-hydrogen) atoms. The Hall–Kier alpha value is -5.30. The second-order valence-corrected chi connectivity index (χ2v) is 12.0. The minimum absolute atomic E-state index is 0.0275. The van der Waals surface area contributed by atoms with Crippen molar-refractivity contribution in [3.8, 4) is 11.5 Å². The van der Waals surface area contributed by atoms with E-state index < -0.39 is 24.5 Å². The van der Waals surface area contributed by atoms with Crippen molar-refractivity contribution in [1.82, 2.24) is 9.91 Å². The zero-order valence-electron chi connectivity index (χ0n) is 27.8. The molecule has 0 radical (unpaired) electrons. The molecule has 3 aromatic rings. The van der Waals surface area contributed by atoms with Gasteiger partial charge in [0.15, 0.2) is 6.73 Å². The molecule has 4 rings (SSSR count). The molecule has 13 heteroatoms. The van der Waals surface area contributed by atoms with Gasteiger partial charge in [0.25, 0.3) is 5.92 Å². The summed E-state index contributed by atoms with van der Waals surface area (Å²) in [4.78, 5) is 38.5. The van der Waals surface area contributed by atoms with Gasteiger partial charge in [-0.25, -0.2) is 19.4 Å². The third-order valence-electron chi connectivity index (χ3n) is 8.13. The molecular weight excluding hydrogens is 648 g/mol. The molecule has 1 aliphatic rings. The molecule has 11 nitrogen and oxygen atoms in total. The number of unbranched alkanes of at least 4 members (excludes halogenated alkanes) is 3. The van der Waals surface area contributed by atoms with Gasteiger partial charge in [-0.1, -0.05) is 67.5 Å². The summed E-state index contributed by atoms with van der Waals surface area (Å²) in [6.45, 7) is 0.269. The predicted molar refractivity (Wildman–Crippen MR) is 184 cm³/mol. The lowest BCUT2D eigenvalue weighted by Gasteiger charge is -2.23. The SMILES string of the molecule is N=C(CCCCCCN1C(=O)CCC1/C=C/CC(F)(F)c1ccccc1)N(N)COC(=O)Cc1ccc(OC(=O)Oc2ccc(N)cc2)cc1. The minimum atomic E-state index is -2.97. The van der Waals surface area contributed by atoms with Crippen LogP contribution >= 0.6 is 0 Å². The lowest BCUT2D eigenvalue weighted by atomic mass is 10.0. The van der Waals surface area contributed by atoms with Crippen LogP contribution in [0, 0.1) is 5.41 Å². The molecule has 0 aromatic heterocycles. The molecule has 0 saturated carbocycles. The first kappa shape index (κ1) is 37.5. The molecule has 1 atom stereocenters. The number of ether oxygens (including phenoxy) is 3. The number of hydrogen-bond donors (Lipinski definition) is 3. The largest absolute Gasteiger partial charge is 0.519 e. The Kier molecular flexibility index (Phi) is 13.9. The number of nitrogen functional groups attached to an aromatic ring is 1. The van der Waals surface area contributed by atoms with Gasteiger partial charge in [0.05, 0.1) is 12.5 Å². The molecule has 1 aliphatic heterocycles. The van der Waals surface area contributed by atoms with Gasteiger partial charge in [0.2, 0.25) is 5.91 Å². The van der Waals surface area contributed by atoms with Crippen molar-refractivity contribution in [2.75, 3.05) is 19.0 Å². The smallest absolute Gasteiger partial charge is 0.443 e. The number of amidine groups is 1. The van der Waals surface area contributed by atoms with Gasteiger partial charge in [0, 0.05) is 37.1 Å². The maximum Gasteiger partial charge on any atom is 0.519 e. The monoisotopic (exact) mass is 691 g/mol. The number of nitrogens with one attached hydrogen (secondary N) is 1. The first-order valence-electron chi connectivity index (χ1n) is 16.5. The third kappa shape index (κ3) is 12.0. The maximum absolute atomic E-state index is 14.5. The van der Waals surface area contributed by atoms with Crippen LogP contribution in [0.3, 0.4) is 0 Å². The van der Waals surface area contributed by atoms with E-state index in [2.05, 4.69) is 0 Å². The summed E-state index contributed by atoms with van der Waals surface area (Å²) < 4.78 is 44.4. The van der Waals surface area contributed by atoms with Crippen molar-refractivity contribution >= 4 is 29.6 Å². The molecule has 0 bridgehead atoms. The van der Waals surface area contributed by atoms with Crippen LogP contribution in [0.5, 0.6) is 11.5 Å². The van der Waals surface area contributed by atoms with Gasteiger partial charge >= 0.3 is 12.1 Å². The number of alkyl halides is 2. The van der Waals surface area contributed by atoms with Gasteiger partial charge in [-0.2, -0.15) is 0 Å². The number of anilines is 1. The zero-order valence-corrected chi connectivity index (χ0v) is 27.8. The fourth-order valence-electron chi connectivity index (χ4n) is 5.35. The van der Waals surface area contributed by atoms with Crippen LogP contribution in [0.15, 0.2) is 91.0 Å². The number of hydrogen-bond acceptors (Lipinski definition) is 9. The summed E-state index contributed by atoms with van der Waals surface area (Å²) in [5, 5.41) is 9.26. The van der Waals surface area contributed by atoms with Crippen LogP contribution in [0.25, 0.3) is 0 Å². The number of carbonyl (C=O) groups excluding carboxylic acids is 3. The normalized spacial score (nSPS) is 14.5. The molecule has 266 valence electrons. The van der Waals surface area contributed by atoms with E-state index in [1.54, 1.807) is 65.6 Å². The molecular formula is C37H43F2N5O6. The number of allylic oxidation sites excluding steroid dienone is 1. The number of esters is 1. The third-order valence-corrected chi connectivity index (χ3v) is 8.13. The van der Waals surface area contributed by atoms with E-state index in [4.69, 9.17) is 31.2 Å². The van der Waals surface area contributed by atoms with Crippen molar-refractivity contribution in [2.45, 2.75) is 69.8 Å². The molecule has 1 fully saturated rings. The van der Waals surface area contributed by atoms with Crippen LogP contribution in [-0.4, -0.2) is 53.1 Å². The lowest BCUT2D eigenvalue weighted by molar-refractivity contribution is -0.146. The molecule has 1 unspecified atom stereocenters. The highest BCUT2D eigenvalue weighted by Crippen LogP contribution is 2.32. The minimum Gasteiger partial charge on any atom is -0.443 e. The number of carbonyl (C=O) groups is 3. The van der Waals surface area contributed by atoms with Gasteiger partial charge in [-0.15, -0.1) is 0 Å². The van der Waals surface area contributed by atoms with Gasteiger partial charge in [-0.05, 0) is 61.2 Å². The lowest BCUT2D eigenvalue weighted by Crippen LogP contribution is -2.39. The summed E-state index contributed by atoms with van der Waals surface area (Å²) in [7, 11) is 0. The number of halogens is 2. The van der Waals surface area contributed by atoms with E-state index in [9.17, 15) is 23.2 Å². The average molecular weight is 692 g/mol. The van der Waals surface area contributed by atoms with Crippen LogP contribution in [-0.2, 0) is 26.7 Å². The first-order chi connectivity index (χ1) is 24.0. The Balaban J connectivity index is 1.07. The summed E-state index contributed by atoms with van der Waals surface area (Å²) in [5.41, 5.74) is 6.74. The highest BCUT2D eigenvalue weighted by molar-refractivity contribution is 5.79. The Labute approximate surface area is 290 Å². The Morgan fingerprint density at radius 3 is 2.26 bits per heavy atom. The number of nitrogens with zero attached hydrogens (tertiary/aromatic N) is 2. The van der Waals surface area contributed by atoms with Gasteiger partial charge in [0.1, 0.15) is 17.3 Å². The Bertz CT molecular complexity index is 1600. The summed E-state index contributed by atoms with van der Waals surface area (Å²) in [6.07, 6.45) is 6.31. The quantitative estimate of drug-likeness (QED) is 0.0133. The van der Waals surface area contributed by atoms with Crippen molar-refractivity contribution in [3.63, 3.8) is 0 Å². The van der Waals surface area contributed by atoms with E-state index in [-0.39, 0.29) is 48.0 Å². The Morgan fingerprint density at radius 1 is 0.940 bits per heavy atom. The van der Waals surface area contributed by atoms with E-state index in [1.165, 1.54) is 30.3 Å². The number of amides is 1. The fourth-order valence-corrected chi connectivity index (χ4v) is 5.35. The second-order valence-electron chi connectivity index (χ2n) is 12.0. The number of nitrogens with two attached hydrogens (primary N) is 2. The zero-order chi connectivity index (χ0) is 35.9. The predicted octanol–water partition coefficient (Wildman–Crippen LogP) is 6.72. The molecule has 1 saturated heterocycles. The van der Waals surface area contributed by atoms with E-state index in [0.717, 1.165) is 24.3 Å². The highest BCUT2D eigenvalue weighted by atomic mass is 19.3. The van der Waals surface area contributed by atoms with Gasteiger partial charge in [-0.3, -0.25) is 20.0 Å². The second kappa shape index (κ2) is 18.5. The van der Waals surface area contributed by atoms with Crippen molar-refractivity contribution in [2.24, 2.45) is 5.84 Å². The van der Waals surface area contributed by atoms with E-state index in [0.29, 0.717) is 43.5 Å². The number of benzene rings is 3. The van der Waals surface area contributed by atoms with Crippen LogP contribution in [0.1, 0.15) is 62.5 Å². The summed E-state index contributed by atoms with van der Waals surface area (Å²) in [6, 6.07) is 20.1. The first-order valence-corrected chi connectivity index (χ1v) is 16.5. The van der Waals surface area contributed by atoms with Crippen molar-refractivity contribution in [1.29, 1.82) is 5.41 Å². The Morgan fingerprint density at radius 2 is 1.58 bits per heavy atom. The summed E-state index contributed by atoms with van der Waals surface area (Å²) >= 11 is 0. The molecule has 3 aromatic carbocycles. The molecule has 0 spiro atoms. The van der Waals surface area contributed by atoms with Crippen LogP contribution < -0.4 is 21.1 Å². The van der Waals surface area contributed by atoms with Crippen molar-refractivity contribution < 1.29 is 37.4 Å². The maximum atomic E-state index is 14.5. The topological polar surface area (TPSA) is 161 Å². The molecule has 5 N–H and O–H groups in total. The highest BCUT2D eigenvalue weighted by Gasteiger charge is 2.31. The summed E-state index contributed by atoms with van der Waals surface area (Å²) in [5.74, 6) is 3.07. The standard InChI is InChI=1S/C37H43F2N5O6/c38-37(39,28-9-4-3-5-10-28)23-8-11-30-17-22-34(45)43(30)24-7-2-1-6-12-33(41)44(42)26-48-35(46)25-27-13-18-31(19-14-27)49-36(47)50-32-20-15-29(40)16-21-32/h3-5,8-11,13-16,18-21,30,41H,1-2,6-7,12,17,22-26,40,42H2/b11-8+,41-33?. The number of hydrazine groups is 1. The van der Waals surface area contributed by atoms with Crippen LogP contribution in [0.2, 0.25) is 0 Å². The van der Waals surface area contributed by atoms with Crippen LogP contribution in [0.4, 0.5) is 19.3 Å². The molecule has 1 amide bonds. The molecule has 1 heterocycles. The van der Waals surface area contributed by atoms with E-state index in [1.807, 2.05) is 0 Å². The van der Waals surface area contributed by atoms with Gasteiger partial charge < -0.3 is 24.8 Å². The number of rotatable bonds is 17.